The second-order valence-corrected chi connectivity index (χ2v) is 8.31. The fraction of sp³-hybridized carbons (Fsp3) is 0.360. The van der Waals surface area contributed by atoms with Gasteiger partial charge in [-0.25, -0.2) is 14.0 Å². The second kappa shape index (κ2) is 9.02. The molecule has 0 radical (unpaired) electrons. The van der Waals surface area contributed by atoms with Crippen molar-refractivity contribution in [2.45, 2.75) is 58.6 Å². The van der Waals surface area contributed by atoms with Gasteiger partial charge in [0.05, 0.1) is 11.2 Å². The van der Waals surface area contributed by atoms with Crippen LogP contribution in [0.5, 0.6) is 0 Å². The van der Waals surface area contributed by atoms with Gasteiger partial charge in [-0.2, -0.15) is 4.73 Å². The van der Waals surface area contributed by atoms with Gasteiger partial charge in [-0.05, 0) is 55.0 Å². The Morgan fingerprint density at radius 1 is 1.22 bits per heavy atom. The highest BCUT2D eigenvalue weighted by molar-refractivity contribution is 5.89. The lowest BCUT2D eigenvalue weighted by Gasteiger charge is -2.30. The van der Waals surface area contributed by atoms with Crippen molar-refractivity contribution in [3.8, 4) is 0 Å². The molecule has 1 aromatic heterocycles. The number of rotatable bonds is 5. The number of alkyl carbamates (subject to hydrolysis) is 1. The summed E-state index contributed by atoms with van der Waals surface area (Å²) < 4.78 is 21.2. The van der Waals surface area contributed by atoms with Crippen molar-refractivity contribution in [1.82, 2.24) is 10.0 Å². The van der Waals surface area contributed by atoms with Crippen LogP contribution in [-0.4, -0.2) is 22.8 Å². The van der Waals surface area contributed by atoms with Gasteiger partial charge >= 0.3 is 12.1 Å². The van der Waals surface area contributed by atoms with E-state index in [4.69, 9.17) is 9.57 Å². The number of nitrogens with zero attached hydrogens (tertiary/aromatic N) is 1. The Morgan fingerprint density at radius 2 is 1.97 bits per heavy atom. The van der Waals surface area contributed by atoms with E-state index in [2.05, 4.69) is 5.32 Å². The summed E-state index contributed by atoms with van der Waals surface area (Å²) in [4.78, 5) is 29.8. The molecule has 0 saturated carbocycles. The largest absolute Gasteiger partial charge is 0.445 e. The van der Waals surface area contributed by atoms with E-state index >= 15 is 0 Å². The Bertz CT molecular complexity index is 1160. The van der Waals surface area contributed by atoms with Crippen LogP contribution in [0.2, 0.25) is 0 Å². The summed E-state index contributed by atoms with van der Waals surface area (Å²) in [5.74, 6) is -0.747. The van der Waals surface area contributed by atoms with Crippen LogP contribution in [0.1, 0.15) is 55.0 Å². The van der Waals surface area contributed by atoms with Crippen molar-refractivity contribution in [2.75, 3.05) is 0 Å². The van der Waals surface area contributed by atoms with E-state index in [1.54, 1.807) is 11.7 Å². The number of carbonyl (C=O) groups is 2. The number of nitrogens with one attached hydrogen (secondary N) is 1. The maximum absolute atomic E-state index is 14.3. The van der Waals surface area contributed by atoms with Crippen molar-refractivity contribution in [3.05, 3.63) is 70.7 Å². The molecule has 1 N–H and O–H groups in total. The number of ether oxygens (including phenoxy) is 1. The highest BCUT2D eigenvalue weighted by Crippen LogP contribution is 2.41. The quantitative estimate of drug-likeness (QED) is 0.621. The molecule has 32 heavy (non-hydrogen) atoms. The molecule has 168 valence electrons. The first-order valence-corrected chi connectivity index (χ1v) is 10.9. The number of amides is 1. The normalized spacial score (nSPS) is 17.6. The second-order valence-electron chi connectivity index (χ2n) is 8.31. The first kappa shape index (κ1) is 21.9. The van der Waals surface area contributed by atoms with Crippen LogP contribution < -0.4 is 10.2 Å². The Balaban J connectivity index is 1.62. The van der Waals surface area contributed by atoms with Gasteiger partial charge < -0.3 is 14.9 Å². The maximum Gasteiger partial charge on any atom is 0.407 e. The fourth-order valence-electron chi connectivity index (χ4n) is 4.65. The van der Waals surface area contributed by atoms with E-state index in [9.17, 15) is 14.0 Å². The van der Waals surface area contributed by atoms with Crippen LogP contribution in [0.15, 0.2) is 42.5 Å². The summed E-state index contributed by atoms with van der Waals surface area (Å²) in [5.41, 5.74) is 4.07. The van der Waals surface area contributed by atoms with Gasteiger partial charge in [0, 0.05) is 24.3 Å². The molecule has 0 fully saturated rings. The van der Waals surface area contributed by atoms with Crippen molar-refractivity contribution in [3.63, 3.8) is 0 Å². The fourth-order valence-corrected chi connectivity index (χ4v) is 4.65. The summed E-state index contributed by atoms with van der Waals surface area (Å²) in [7, 11) is 0. The number of benzene rings is 2. The average molecular weight is 438 g/mol. The topological polar surface area (TPSA) is 69.6 Å². The number of hydrogen-bond donors (Lipinski definition) is 1. The van der Waals surface area contributed by atoms with Crippen LogP contribution in [0.25, 0.3) is 10.9 Å². The lowest BCUT2D eigenvalue weighted by molar-refractivity contribution is -0.141. The molecule has 6 nitrogen and oxygen atoms in total. The zero-order chi connectivity index (χ0) is 22.8. The van der Waals surface area contributed by atoms with Crippen LogP contribution in [0, 0.1) is 12.7 Å². The number of aromatic nitrogens is 1. The zero-order valence-electron chi connectivity index (χ0n) is 18.5. The van der Waals surface area contributed by atoms with Crippen molar-refractivity contribution < 1.29 is 23.6 Å². The number of aryl methyl sites for hydroxylation is 1. The highest BCUT2D eigenvalue weighted by atomic mass is 19.1. The molecule has 1 amide bonds. The van der Waals surface area contributed by atoms with E-state index < -0.39 is 12.1 Å². The van der Waals surface area contributed by atoms with Crippen molar-refractivity contribution >= 4 is 23.0 Å². The number of fused-ring (bicyclic) bond motifs is 3. The third-order valence-electron chi connectivity index (χ3n) is 5.98. The van der Waals surface area contributed by atoms with E-state index in [0.717, 1.165) is 23.2 Å². The SMILES string of the molecule is CCC1C[C@H](NC(=O)OCc2ccccc2)Cc2c1n(OC(C)=O)c1c(C)cc(F)cc21. The summed E-state index contributed by atoms with van der Waals surface area (Å²) >= 11 is 0. The molecule has 0 aliphatic heterocycles. The molecule has 2 aromatic carbocycles. The Labute approximate surface area is 186 Å². The van der Waals surface area contributed by atoms with Crippen LogP contribution in [0.4, 0.5) is 9.18 Å². The van der Waals surface area contributed by atoms with E-state index in [1.807, 2.05) is 37.3 Å². The molecular weight excluding hydrogens is 411 g/mol. The van der Waals surface area contributed by atoms with Gasteiger partial charge in [0.25, 0.3) is 0 Å². The predicted octanol–water partition coefficient (Wildman–Crippen LogP) is 4.80. The molecule has 1 aliphatic rings. The molecule has 4 rings (SSSR count). The molecule has 0 bridgehead atoms. The molecule has 2 atom stereocenters. The molecule has 7 heteroatoms. The molecule has 0 saturated heterocycles. The van der Waals surface area contributed by atoms with Gasteiger partial charge in [0.2, 0.25) is 0 Å². The predicted molar refractivity (Wildman–Crippen MR) is 119 cm³/mol. The maximum atomic E-state index is 14.3. The van der Waals surface area contributed by atoms with Crippen LogP contribution in [-0.2, 0) is 22.6 Å². The smallest absolute Gasteiger partial charge is 0.407 e. The lowest BCUT2D eigenvalue weighted by atomic mass is 9.82. The van der Waals surface area contributed by atoms with Gasteiger partial charge in [-0.3, -0.25) is 0 Å². The third-order valence-corrected chi connectivity index (χ3v) is 5.98. The van der Waals surface area contributed by atoms with Gasteiger partial charge in [0.15, 0.2) is 0 Å². The average Bonchev–Trinajstić information content (AvgIpc) is 3.05. The van der Waals surface area contributed by atoms with E-state index in [-0.39, 0.29) is 24.4 Å². The summed E-state index contributed by atoms with van der Waals surface area (Å²) in [6, 6.07) is 12.2. The van der Waals surface area contributed by atoms with Gasteiger partial charge in [-0.15, -0.1) is 0 Å². The number of carbonyl (C=O) groups excluding carboxylic acids is 2. The van der Waals surface area contributed by atoms with Crippen LogP contribution >= 0.6 is 0 Å². The van der Waals surface area contributed by atoms with E-state index in [1.165, 1.54) is 19.1 Å². The minimum absolute atomic E-state index is 0.0346. The monoisotopic (exact) mass is 438 g/mol. The molecular formula is C25H27FN2O4. The van der Waals surface area contributed by atoms with Crippen molar-refractivity contribution in [2.24, 2.45) is 0 Å². The molecule has 3 aromatic rings. The summed E-state index contributed by atoms with van der Waals surface area (Å²) in [6.07, 6.45) is 1.47. The number of hydrogen-bond acceptors (Lipinski definition) is 4. The Hall–Kier alpha value is -3.35. The summed E-state index contributed by atoms with van der Waals surface area (Å²) in [5, 5.41) is 3.68. The lowest BCUT2D eigenvalue weighted by Crippen LogP contribution is -2.40. The van der Waals surface area contributed by atoms with Crippen LogP contribution in [0.3, 0.4) is 0 Å². The molecule has 0 spiro atoms. The molecule has 1 heterocycles. The highest BCUT2D eigenvalue weighted by Gasteiger charge is 2.34. The van der Waals surface area contributed by atoms with Gasteiger partial charge in [0.1, 0.15) is 12.4 Å². The zero-order valence-corrected chi connectivity index (χ0v) is 18.5. The first-order valence-electron chi connectivity index (χ1n) is 10.9. The first-order chi connectivity index (χ1) is 15.4. The van der Waals surface area contributed by atoms with E-state index in [0.29, 0.717) is 29.3 Å². The molecule has 1 unspecified atom stereocenters. The minimum atomic E-state index is -0.483. The Morgan fingerprint density at radius 3 is 2.66 bits per heavy atom. The third kappa shape index (κ3) is 4.33. The van der Waals surface area contributed by atoms with Crippen molar-refractivity contribution in [1.29, 1.82) is 0 Å². The summed E-state index contributed by atoms with van der Waals surface area (Å²) in [6.45, 7) is 5.40. The Kier molecular flexibility index (Phi) is 6.17. The standard InChI is InChI=1S/C25H27FN2O4/c1-4-18-11-20(27-25(30)31-14-17-8-6-5-7-9-17)13-22-21-12-19(26)10-15(2)23(21)28(24(18)22)32-16(3)29/h5-10,12,18,20H,4,11,13-14H2,1-3H3,(H,27,30)/t18?,20-/m0/s1. The van der Waals surface area contributed by atoms with Gasteiger partial charge in [-0.1, -0.05) is 37.3 Å². The minimum Gasteiger partial charge on any atom is -0.445 e. The molecule has 1 aliphatic carbocycles. The number of halogens is 1.